The highest BCUT2D eigenvalue weighted by Gasteiger charge is 2.12. The van der Waals surface area contributed by atoms with E-state index >= 15 is 0 Å². The molecule has 0 saturated carbocycles. The molecule has 1 N–H and O–H groups in total. The van der Waals surface area contributed by atoms with E-state index in [1.54, 1.807) is 0 Å². The highest BCUT2D eigenvalue weighted by atomic mass is 14.8. The molecule has 0 radical (unpaired) electrons. The Morgan fingerprint density at radius 1 is 1.00 bits per heavy atom. The number of hydrogen-bond acceptors (Lipinski definition) is 1. The van der Waals surface area contributed by atoms with Gasteiger partial charge in [0.25, 0.3) is 0 Å². The monoisotopic (exact) mass is 199 g/mol. The van der Waals surface area contributed by atoms with Crippen molar-refractivity contribution in [2.24, 2.45) is 11.8 Å². The van der Waals surface area contributed by atoms with Crippen LogP contribution in [0.3, 0.4) is 0 Å². The van der Waals surface area contributed by atoms with E-state index in [9.17, 15) is 0 Å². The Bertz CT molecular complexity index is 112. The molecule has 2 unspecified atom stereocenters. The van der Waals surface area contributed by atoms with Crippen LogP contribution in [0.1, 0.15) is 59.3 Å². The van der Waals surface area contributed by atoms with Gasteiger partial charge >= 0.3 is 0 Å². The zero-order chi connectivity index (χ0) is 10.8. The summed E-state index contributed by atoms with van der Waals surface area (Å²) in [5.41, 5.74) is 0. The Morgan fingerprint density at radius 2 is 1.64 bits per heavy atom. The molecule has 14 heavy (non-hydrogen) atoms. The Kier molecular flexibility index (Phi) is 9.49. The minimum atomic E-state index is 0.891. The van der Waals surface area contributed by atoms with Gasteiger partial charge in [0.1, 0.15) is 0 Å². The average molecular weight is 199 g/mol. The molecule has 0 bridgehead atoms. The first-order valence-electron chi connectivity index (χ1n) is 6.42. The van der Waals surface area contributed by atoms with Gasteiger partial charge in [-0.15, -0.1) is 0 Å². The first kappa shape index (κ1) is 14.0. The second-order valence-corrected chi connectivity index (χ2v) is 4.48. The first-order valence-corrected chi connectivity index (χ1v) is 6.42. The maximum atomic E-state index is 3.30. The van der Waals surface area contributed by atoms with Gasteiger partial charge in [-0.3, -0.25) is 0 Å². The zero-order valence-corrected chi connectivity index (χ0v) is 10.6. The molecule has 0 heterocycles. The highest BCUT2D eigenvalue weighted by Crippen LogP contribution is 2.22. The van der Waals surface area contributed by atoms with Crippen LogP contribution in [-0.2, 0) is 0 Å². The lowest BCUT2D eigenvalue weighted by atomic mass is 9.87. The molecular weight excluding hydrogens is 170 g/mol. The molecule has 0 spiro atoms. The summed E-state index contributed by atoms with van der Waals surface area (Å²) in [5, 5.41) is 3.30. The number of nitrogens with one attached hydrogen (secondary N) is 1. The van der Waals surface area contributed by atoms with E-state index in [-0.39, 0.29) is 0 Å². The van der Waals surface area contributed by atoms with Gasteiger partial charge in [-0.1, -0.05) is 52.9 Å². The summed E-state index contributed by atoms with van der Waals surface area (Å²) in [7, 11) is 2.07. The summed E-state index contributed by atoms with van der Waals surface area (Å²) in [6.07, 6.45) is 8.30. The molecular formula is C13H29N. The standard InChI is InChI=1S/C13H29N/c1-5-8-9-12(6-2)10-13(7-3)11-14-4/h12-14H,5-11H2,1-4H3. The van der Waals surface area contributed by atoms with Crippen LogP contribution >= 0.6 is 0 Å². The number of hydrogen-bond donors (Lipinski definition) is 1. The van der Waals surface area contributed by atoms with Crippen molar-refractivity contribution >= 4 is 0 Å². The second kappa shape index (κ2) is 9.51. The molecule has 0 saturated heterocycles. The molecule has 0 aliphatic carbocycles. The minimum Gasteiger partial charge on any atom is -0.319 e. The van der Waals surface area contributed by atoms with Crippen molar-refractivity contribution in [1.82, 2.24) is 5.32 Å². The van der Waals surface area contributed by atoms with Crippen LogP contribution in [0.4, 0.5) is 0 Å². The third kappa shape index (κ3) is 6.42. The van der Waals surface area contributed by atoms with Crippen molar-refractivity contribution in [2.45, 2.75) is 59.3 Å². The fourth-order valence-corrected chi connectivity index (χ4v) is 2.14. The first-order chi connectivity index (χ1) is 6.78. The van der Waals surface area contributed by atoms with Crippen LogP contribution < -0.4 is 5.32 Å². The smallest absolute Gasteiger partial charge is 0.00235 e. The van der Waals surface area contributed by atoms with E-state index in [2.05, 4.69) is 33.1 Å². The molecule has 1 heteroatoms. The fraction of sp³-hybridized carbons (Fsp3) is 1.00. The average Bonchev–Trinajstić information content (AvgIpc) is 2.22. The molecule has 0 aliphatic heterocycles. The van der Waals surface area contributed by atoms with Gasteiger partial charge in [0.05, 0.1) is 0 Å². The largest absolute Gasteiger partial charge is 0.319 e. The second-order valence-electron chi connectivity index (χ2n) is 4.48. The van der Waals surface area contributed by atoms with Gasteiger partial charge in [0.2, 0.25) is 0 Å². The Morgan fingerprint density at radius 3 is 2.07 bits per heavy atom. The third-order valence-electron chi connectivity index (χ3n) is 3.28. The molecule has 86 valence electrons. The summed E-state index contributed by atoms with van der Waals surface area (Å²) < 4.78 is 0. The van der Waals surface area contributed by atoms with Crippen LogP contribution in [0.2, 0.25) is 0 Å². The van der Waals surface area contributed by atoms with Gasteiger partial charge < -0.3 is 5.32 Å². The summed E-state index contributed by atoms with van der Waals surface area (Å²) in [6, 6.07) is 0. The minimum absolute atomic E-state index is 0.891. The lowest BCUT2D eigenvalue weighted by Gasteiger charge is -2.21. The summed E-state index contributed by atoms with van der Waals surface area (Å²) in [5.74, 6) is 1.86. The summed E-state index contributed by atoms with van der Waals surface area (Å²) in [4.78, 5) is 0. The normalized spacial score (nSPS) is 15.4. The Hall–Kier alpha value is -0.0400. The molecule has 0 aromatic heterocycles. The van der Waals surface area contributed by atoms with Crippen LogP contribution in [-0.4, -0.2) is 13.6 Å². The lowest BCUT2D eigenvalue weighted by molar-refractivity contribution is 0.324. The van der Waals surface area contributed by atoms with Crippen molar-refractivity contribution in [3.63, 3.8) is 0 Å². The zero-order valence-electron chi connectivity index (χ0n) is 10.6. The third-order valence-corrected chi connectivity index (χ3v) is 3.28. The molecule has 0 aromatic rings. The Balaban J connectivity index is 3.75. The van der Waals surface area contributed by atoms with E-state index < -0.39 is 0 Å². The van der Waals surface area contributed by atoms with Gasteiger partial charge in [-0.25, -0.2) is 0 Å². The van der Waals surface area contributed by atoms with Crippen molar-refractivity contribution < 1.29 is 0 Å². The van der Waals surface area contributed by atoms with Crippen LogP contribution in [0.15, 0.2) is 0 Å². The molecule has 0 rings (SSSR count). The molecule has 0 aliphatic rings. The maximum absolute atomic E-state index is 3.30. The lowest BCUT2D eigenvalue weighted by Crippen LogP contribution is -2.20. The molecule has 2 atom stereocenters. The van der Waals surface area contributed by atoms with E-state index in [1.165, 1.54) is 45.1 Å². The van der Waals surface area contributed by atoms with Gasteiger partial charge in [0.15, 0.2) is 0 Å². The van der Waals surface area contributed by atoms with Crippen molar-refractivity contribution in [3.8, 4) is 0 Å². The van der Waals surface area contributed by atoms with Gasteiger partial charge in [0, 0.05) is 0 Å². The summed E-state index contributed by atoms with van der Waals surface area (Å²) in [6.45, 7) is 8.14. The molecule has 0 fully saturated rings. The van der Waals surface area contributed by atoms with E-state index in [1.807, 2.05) is 0 Å². The van der Waals surface area contributed by atoms with Gasteiger partial charge in [-0.05, 0) is 31.8 Å². The number of rotatable bonds is 9. The topological polar surface area (TPSA) is 12.0 Å². The predicted molar refractivity (Wildman–Crippen MR) is 65.6 cm³/mol. The molecule has 0 aromatic carbocycles. The summed E-state index contributed by atoms with van der Waals surface area (Å²) >= 11 is 0. The van der Waals surface area contributed by atoms with Crippen LogP contribution in [0, 0.1) is 11.8 Å². The quantitative estimate of drug-likeness (QED) is 0.595. The van der Waals surface area contributed by atoms with Crippen LogP contribution in [0.25, 0.3) is 0 Å². The SMILES string of the molecule is CCCCC(CC)CC(CC)CNC. The van der Waals surface area contributed by atoms with E-state index in [4.69, 9.17) is 0 Å². The van der Waals surface area contributed by atoms with Crippen LogP contribution in [0.5, 0.6) is 0 Å². The van der Waals surface area contributed by atoms with Crippen molar-refractivity contribution in [3.05, 3.63) is 0 Å². The van der Waals surface area contributed by atoms with Crippen molar-refractivity contribution in [2.75, 3.05) is 13.6 Å². The molecule has 0 amide bonds. The molecule has 1 nitrogen and oxygen atoms in total. The number of unbranched alkanes of at least 4 members (excludes halogenated alkanes) is 1. The Labute approximate surface area is 90.7 Å². The maximum Gasteiger partial charge on any atom is -0.00235 e. The van der Waals surface area contributed by atoms with Crippen molar-refractivity contribution in [1.29, 1.82) is 0 Å². The van der Waals surface area contributed by atoms with E-state index in [0.717, 1.165) is 11.8 Å². The fourth-order valence-electron chi connectivity index (χ4n) is 2.14. The van der Waals surface area contributed by atoms with Gasteiger partial charge in [-0.2, -0.15) is 0 Å². The van der Waals surface area contributed by atoms with E-state index in [0.29, 0.717) is 0 Å². The predicted octanol–water partition coefficient (Wildman–Crippen LogP) is 3.84. The highest BCUT2D eigenvalue weighted by molar-refractivity contribution is 4.66.